The molecule has 0 aromatic rings. The van der Waals surface area contributed by atoms with Crippen LogP contribution in [-0.2, 0) is 9.47 Å². The Labute approximate surface area is 80.8 Å². The Balaban J connectivity index is 2.14. The van der Waals surface area contributed by atoms with Crippen LogP contribution in [-0.4, -0.2) is 58.5 Å². The summed E-state index contributed by atoms with van der Waals surface area (Å²) in [6.07, 6.45) is -3.68. The van der Waals surface area contributed by atoms with Gasteiger partial charge in [0.05, 0.1) is 6.61 Å². The van der Waals surface area contributed by atoms with Gasteiger partial charge in [0.2, 0.25) is 6.29 Å². The number of fused-ring (bicyclic) bond motifs is 1. The molecule has 1 saturated heterocycles. The number of aliphatic hydroxyl groups is 3. The topological polar surface area (TPSA) is 91.5 Å². The summed E-state index contributed by atoms with van der Waals surface area (Å²) >= 11 is 0. The highest BCUT2D eigenvalue weighted by Crippen LogP contribution is 2.28. The van der Waals surface area contributed by atoms with Gasteiger partial charge in [-0.15, -0.1) is 0 Å². The smallest absolute Gasteiger partial charge is 0.227 e. The maximum absolute atomic E-state index is 9.64. The van der Waals surface area contributed by atoms with Crippen LogP contribution in [0.4, 0.5) is 0 Å². The SMILES string of the molecule is CC1=NC2C(O)[C@H](O)[C@H](CO)O[C@@H]2O1. The quantitative estimate of drug-likeness (QED) is 0.469. The number of aliphatic imine (C=N–C) groups is 1. The van der Waals surface area contributed by atoms with E-state index in [2.05, 4.69) is 4.99 Å². The van der Waals surface area contributed by atoms with Gasteiger partial charge in [0.15, 0.2) is 5.90 Å². The molecule has 6 heteroatoms. The van der Waals surface area contributed by atoms with E-state index in [-0.39, 0.29) is 6.61 Å². The van der Waals surface area contributed by atoms with E-state index in [1.165, 1.54) is 0 Å². The lowest BCUT2D eigenvalue weighted by atomic mass is 9.98. The normalized spacial score (nSPS) is 46.9. The molecule has 5 atom stereocenters. The average Bonchev–Trinajstić information content (AvgIpc) is 2.52. The van der Waals surface area contributed by atoms with Gasteiger partial charge in [0.1, 0.15) is 24.4 Å². The van der Waals surface area contributed by atoms with Crippen LogP contribution in [0.15, 0.2) is 4.99 Å². The number of aliphatic hydroxyl groups excluding tert-OH is 3. The van der Waals surface area contributed by atoms with E-state index in [9.17, 15) is 10.2 Å². The first kappa shape index (κ1) is 9.85. The summed E-state index contributed by atoms with van der Waals surface area (Å²) < 4.78 is 10.4. The molecule has 1 fully saturated rings. The first-order chi connectivity index (χ1) is 6.63. The number of hydrogen-bond donors (Lipinski definition) is 3. The van der Waals surface area contributed by atoms with Crippen molar-refractivity contribution in [2.45, 2.75) is 37.6 Å². The molecule has 6 nitrogen and oxygen atoms in total. The van der Waals surface area contributed by atoms with Crippen LogP contribution in [0, 0.1) is 0 Å². The number of rotatable bonds is 1. The molecule has 2 aliphatic rings. The van der Waals surface area contributed by atoms with Crippen molar-refractivity contribution in [3.8, 4) is 0 Å². The van der Waals surface area contributed by atoms with Crippen LogP contribution in [0.2, 0.25) is 0 Å². The third-order valence-electron chi connectivity index (χ3n) is 2.47. The fourth-order valence-electron chi connectivity index (χ4n) is 1.71. The molecular weight excluding hydrogens is 190 g/mol. The fourth-order valence-corrected chi connectivity index (χ4v) is 1.71. The van der Waals surface area contributed by atoms with Crippen LogP contribution in [0.5, 0.6) is 0 Å². The highest BCUT2D eigenvalue weighted by atomic mass is 16.7. The number of hydrogen-bond acceptors (Lipinski definition) is 6. The third kappa shape index (κ3) is 1.40. The minimum absolute atomic E-state index is 0.357. The second-order valence-corrected chi connectivity index (χ2v) is 3.46. The molecule has 80 valence electrons. The van der Waals surface area contributed by atoms with E-state index >= 15 is 0 Å². The van der Waals surface area contributed by atoms with Crippen molar-refractivity contribution in [3.63, 3.8) is 0 Å². The maximum Gasteiger partial charge on any atom is 0.227 e. The second-order valence-electron chi connectivity index (χ2n) is 3.46. The van der Waals surface area contributed by atoms with Gasteiger partial charge in [-0.25, -0.2) is 4.99 Å². The molecular formula is C8H13NO5. The molecule has 0 aromatic carbocycles. The molecule has 3 N–H and O–H groups in total. The lowest BCUT2D eigenvalue weighted by molar-refractivity contribution is -0.234. The van der Waals surface area contributed by atoms with E-state index in [0.29, 0.717) is 5.90 Å². The zero-order valence-electron chi connectivity index (χ0n) is 7.70. The molecule has 0 spiro atoms. The molecule has 0 bridgehead atoms. The third-order valence-corrected chi connectivity index (χ3v) is 2.47. The Morgan fingerprint density at radius 1 is 1.36 bits per heavy atom. The van der Waals surface area contributed by atoms with Crippen LogP contribution in [0.25, 0.3) is 0 Å². The van der Waals surface area contributed by atoms with Crippen molar-refractivity contribution in [2.24, 2.45) is 4.99 Å². The van der Waals surface area contributed by atoms with E-state index < -0.39 is 30.6 Å². The first-order valence-corrected chi connectivity index (χ1v) is 4.47. The molecule has 0 radical (unpaired) electrons. The van der Waals surface area contributed by atoms with Gasteiger partial charge in [0, 0.05) is 6.92 Å². The molecule has 2 heterocycles. The molecule has 0 amide bonds. The van der Waals surface area contributed by atoms with Crippen molar-refractivity contribution in [1.29, 1.82) is 0 Å². The van der Waals surface area contributed by atoms with Gasteiger partial charge in [-0.2, -0.15) is 0 Å². The van der Waals surface area contributed by atoms with Crippen molar-refractivity contribution in [3.05, 3.63) is 0 Å². The lowest BCUT2D eigenvalue weighted by Crippen LogP contribution is -2.56. The first-order valence-electron chi connectivity index (χ1n) is 4.47. The Morgan fingerprint density at radius 2 is 2.07 bits per heavy atom. The van der Waals surface area contributed by atoms with Crippen molar-refractivity contribution < 1.29 is 24.8 Å². The largest absolute Gasteiger partial charge is 0.450 e. The van der Waals surface area contributed by atoms with Crippen LogP contribution >= 0.6 is 0 Å². The van der Waals surface area contributed by atoms with Gasteiger partial charge < -0.3 is 24.8 Å². The Bertz CT molecular complexity index is 256. The van der Waals surface area contributed by atoms with Crippen molar-refractivity contribution >= 4 is 5.90 Å². The maximum atomic E-state index is 9.64. The van der Waals surface area contributed by atoms with Crippen LogP contribution < -0.4 is 0 Å². The molecule has 2 unspecified atom stereocenters. The zero-order valence-corrected chi connectivity index (χ0v) is 7.70. The van der Waals surface area contributed by atoms with Gasteiger partial charge >= 0.3 is 0 Å². The van der Waals surface area contributed by atoms with E-state index in [1.807, 2.05) is 0 Å². The molecule has 0 saturated carbocycles. The summed E-state index contributed by atoms with van der Waals surface area (Å²) in [4.78, 5) is 3.99. The van der Waals surface area contributed by atoms with E-state index in [1.54, 1.807) is 6.92 Å². The summed E-state index contributed by atoms with van der Waals surface area (Å²) in [5, 5.41) is 28.0. The highest BCUT2D eigenvalue weighted by Gasteiger charge is 2.48. The van der Waals surface area contributed by atoms with Crippen LogP contribution in [0.1, 0.15) is 6.92 Å². The summed E-state index contributed by atoms with van der Waals surface area (Å²) in [6, 6.07) is -0.590. The lowest BCUT2D eigenvalue weighted by Gasteiger charge is -2.36. The van der Waals surface area contributed by atoms with E-state index in [4.69, 9.17) is 14.6 Å². The summed E-state index contributed by atoms with van der Waals surface area (Å²) in [6.45, 7) is 1.29. The fraction of sp³-hybridized carbons (Fsp3) is 0.875. The Morgan fingerprint density at radius 3 is 2.71 bits per heavy atom. The minimum Gasteiger partial charge on any atom is -0.450 e. The number of nitrogens with zero attached hydrogens (tertiary/aromatic N) is 1. The Kier molecular flexibility index (Phi) is 2.44. The van der Waals surface area contributed by atoms with Crippen molar-refractivity contribution in [1.82, 2.24) is 0 Å². The molecule has 0 aromatic heterocycles. The Hall–Kier alpha value is -0.690. The zero-order chi connectivity index (χ0) is 10.3. The molecule has 14 heavy (non-hydrogen) atoms. The standard InChI is InChI=1S/C8H13NO5/c1-3-9-5-7(12)6(11)4(2-10)14-8(5)13-3/h4-8,10-12H,2H2,1H3/t4-,5?,6+,7?,8-/m0/s1. The molecule has 2 rings (SSSR count). The monoisotopic (exact) mass is 203 g/mol. The van der Waals surface area contributed by atoms with E-state index in [0.717, 1.165) is 0 Å². The predicted octanol–water partition coefficient (Wildman–Crippen LogP) is -1.76. The summed E-state index contributed by atoms with van der Waals surface area (Å²) in [7, 11) is 0. The molecule has 0 aliphatic carbocycles. The van der Waals surface area contributed by atoms with Gasteiger partial charge in [-0.3, -0.25) is 0 Å². The summed E-state index contributed by atoms with van der Waals surface area (Å²) in [5.41, 5.74) is 0. The predicted molar refractivity (Wildman–Crippen MR) is 45.7 cm³/mol. The van der Waals surface area contributed by atoms with Gasteiger partial charge in [-0.1, -0.05) is 0 Å². The van der Waals surface area contributed by atoms with Gasteiger partial charge in [0.25, 0.3) is 0 Å². The highest BCUT2D eigenvalue weighted by molar-refractivity contribution is 5.75. The second kappa shape index (κ2) is 3.47. The van der Waals surface area contributed by atoms with Gasteiger partial charge in [-0.05, 0) is 0 Å². The molecule has 2 aliphatic heterocycles. The van der Waals surface area contributed by atoms with Crippen molar-refractivity contribution in [2.75, 3.05) is 6.61 Å². The van der Waals surface area contributed by atoms with Crippen LogP contribution in [0.3, 0.4) is 0 Å². The average molecular weight is 203 g/mol. The summed E-state index contributed by atoms with van der Waals surface area (Å²) in [5.74, 6) is 0.421. The minimum atomic E-state index is -1.13. The number of ether oxygens (including phenoxy) is 2.